The molecule has 0 bridgehead atoms. The first-order chi connectivity index (χ1) is 9.10. The molecule has 0 aliphatic carbocycles. The lowest BCUT2D eigenvalue weighted by Gasteiger charge is -2.42. The third-order valence-corrected chi connectivity index (χ3v) is 5.20. The van der Waals surface area contributed by atoms with Crippen LogP contribution in [0.4, 0.5) is 0 Å². The van der Waals surface area contributed by atoms with Crippen molar-refractivity contribution in [1.29, 1.82) is 0 Å². The Kier molecular flexibility index (Phi) is 4.25. The van der Waals surface area contributed by atoms with E-state index in [4.69, 9.17) is 9.47 Å². The van der Waals surface area contributed by atoms with E-state index in [-0.39, 0.29) is 17.1 Å². The van der Waals surface area contributed by atoms with Gasteiger partial charge in [0.15, 0.2) is 0 Å². The monoisotopic (exact) mass is 285 g/mol. The molecule has 2 heterocycles. The highest BCUT2D eigenvalue weighted by molar-refractivity contribution is 5.03. The number of likely N-dealkylation sites (tertiary alicyclic amines) is 1. The van der Waals surface area contributed by atoms with Crippen molar-refractivity contribution < 1.29 is 14.6 Å². The molecular formula is C16H31NO3. The minimum Gasteiger partial charge on any atom is -0.390 e. The highest BCUT2D eigenvalue weighted by Crippen LogP contribution is 2.43. The molecule has 0 saturated carbocycles. The highest BCUT2D eigenvalue weighted by atomic mass is 16.5. The predicted molar refractivity (Wildman–Crippen MR) is 79.8 cm³/mol. The van der Waals surface area contributed by atoms with Gasteiger partial charge in [0.05, 0.1) is 22.9 Å². The van der Waals surface area contributed by atoms with Gasteiger partial charge in [-0.15, -0.1) is 0 Å². The van der Waals surface area contributed by atoms with Crippen LogP contribution in [0.1, 0.15) is 47.5 Å². The lowest BCUT2D eigenvalue weighted by molar-refractivity contribution is -0.0931. The van der Waals surface area contributed by atoms with Gasteiger partial charge in [-0.05, 0) is 54.0 Å². The Morgan fingerprint density at radius 3 is 2.35 bits per heavy atom. The van der Waals surface area contributed by atoms with Crippen LogP contribution < -0.4 is 0 Å². The van der Waals surface area contributed by atoms with Crippen molar-refractivity contribution in [2.45, 2.75) is 70.4 Å². The second-order valence-electron chi connectivity index (χ2n) is 7.85. The van der Waals surface area contributed by atoms with Crippen molar-refractivity contribution in [3.05, 3.63) is 0 Å². The van der Waals surface area contributed by atoms with Gasteiger partial charge in [-0.2, -0.15) is 0 Å². The summed E-state index contributed by atoms with van der Waals surface area (Å²) in [5.41, 5.74) is -0.805. The van der Waals surface area contributed by atoms with Gasteiger partial charge in [0.2, 0.25) is 0 Å². The first kappa shape index (κ1) is 16.2. The topological polar surface area (TPSA) is 41.9 Å². The zero-order valence-corrected chi connectivity index (χ0v) is 13.9. The summed E-state index contributed by atoms with van der Waals surface area (Å²) in [6.07, 6.45) is 1.84. The van der Waals surface area contributed by atoms with E-state index in [2.05, 4.69) is 25.7 Å². The van der Waals surface area contributed by atoms with E-state index < -0.39 is 11.7 Å². The molecule has 20 heavy (non-hydrogen) atoms. The molecule has 0 aromatic heterocycles. The number of piperidine rings is 1. The third-order valence-electron chi connectivity index (χ3n) is 5.20. The van der Waals surface area contributed by atoms with Crippen molar-refractivity contribution in [2.24, 2.45) is 5.92 Å². The SMILES string of the molecule is COC1(C)CCCN(CC2C(O)C(C)(C)OC2(C)C)C1. The van der Waals surface area contributed by atoms with E-state index in [1.165, 1.54) is 0 Å². The third kappa shape index (κ3) is 3.03. The summed E-state index contributed by atoms with van der Waals surface area (Å²) in [6.45, 7) is 13.2. The summed E-state index contributed by atoms with van der Waals surface area (Å²) < 4.78 is 11.7. The molecule has 4 nitrogen and oxygen atoms in total. The number of aliphatic hydroxyl groups excluding tert-OH is 1. The minimum absolute atomic E-state index is 0.0532. The maximum atomic E-state index is 10.6. The molecule has 2 saturated heterocycles. The smallest absolute Gasteiger partial charge is 0.0896 e. The Hall–Kier alpha value is -0.160. The fraction of sp³-hybridized carbons (Fsp3) is 1.00. The number of aliphatic hydroxyl groups is 1. The Morgan fingerprint density at radius 2 is 1.85 bits per heavy atom. The average Bonchev–Trinajstić information content (AvgIpc) is 2.48. The van der Waals surface area contributed by atoms with Gasteiger partial charge in [0.25, 0.3) is 0 Å². The van der Waals surface area contributed by atoms with Crippen molar-refractivity contribution in [2.75, 3.05) is 26.7 Å². The minimum atomic E-state index is -0.464. The number of methoxy groups -OCH3 is 1. The van der Waals surface area contributed by atoms with Crippen molar-refractivity contribution in [1.82, 2.24) is 4.90 Å². The van der Waals surface area contributed by atoms with Crippen LogP contribution in [0.5, 0.6) is 0 Å². The van der Waals surface area contributed by atoms with Gasteiger partial charge in [0.1, 0.15) is 0 Å². The lowest BCUT2D eigenvalue weighted by Crippen LogP contribution is -2.51. The van der Waals surface area contributed by atoms with Gasteiger partial charge < -0.3 is 14.6 Å². The average molecular weight is 285 g/mol. The fourth-order valence-corrected chi connectivity index (χ4v) is 3.91. The molecule has 3 atom stereocenters. The van der Waals surface area contributed by atoms with E-state index >= 15 is 0 Å². The van der Waals surface area contributed by atoms with Crippen LogP contribution >= 0.6 is 0 Å². The zero-order chi connectivity index (χ0) is 15.2. The van der Waals surface area contributed by atoms with Gasteiger partial charge >= 0.3 is 0 Å². The van der Waals surface area contributed by atoms with Gasteiger partial charge in [-0.3, -0.25) is 4.90 Å². The molecule has 2 aliphatic heterocycles. The number of ether oxygens (including phenoxy) is 2. The molecule has 3 unspecified atom stereocenters. The zero-order valence-electron chi connectivity index (χ0n) is 13.9. The van der Waals surface area contributed by atoms with Crippen LogP contribution in [-0.2, 0) is 9.47 Å². The molecule has 4 heteroatoms. The van der Waals surface area contributed by atoms with Crippen LogP contribution in [0.25, 0.3) is 0 Å². The Balaban J connectivity index is 2.06. The summed E-state index contributed by atoms with van der Waals surface area (Å²) >= 11 is 0. The molecule has 0 amide bonds. The van der Waals surface area contributed by atoms with E-state index in [0.29, 0.717) is 0 Å². The molecule has 0 aromatic rings. The number of hydrogen-bond acceptors (Lipinski definition) is 4. The molecule has 118 valence electrons. The van der Waals surface area contributed by atoms with Crippen LogP contribution in [-0.4, -0.2) is 59.7 Å². The largest absolute Gasteiger partial charge is 0.390 e. The first-order valence-electron chi connectivity index (χ1n) is 7.75. The van der Waals surface area contributed by atoms with Gasteiger partial charge in [0, 0.05) is 26.1 Å². The number of hydrogen-bond donors (Lipinski definition) is 1. The molecule has 1 N–H and O–H groups in total. The Bertz CT molecular complexity index is 356. The van der Waals surface area contributed by atoms with Gasteiger partial charge in [-0.1, -0.05) is 0 Å². The van der Waals surface area contributed by atoms with Gasteiger partial charge in [-0.25, -0.2) is 0 Å². The van der Waals surface area contributed by atoms with Crippen LogP contribution in [0, 0.1) is 5.92 Å². The lowest BCUT2D eigenvalue weighted by atomic mass is 9.83. The first-order valence-corrected chi connectivity index (χ1v) is 7.75. The molecule has 2 aliphatic rings. The van der Waals surface area contributed by atoms with E-state index in [1.54, 1.807) is 7.11 Å². The highest BCUT2D eigenvalue weighted by Gasteiger charge is 2.53. The summed E-state index contributed by atoms with van der Waals surface area (Å²) in [7, 11) is 1.80. The molecule has 0 aromatic carbocycles. The quantitative estimate of drug-likeness (QED) is 0.862. The molecule has 0 radical (unpaired) electrons. The van der Waals surface area contributed by atoms with Crippen molar-refractivity contribution in [3.63, 3.8) is 0 Å². The fourth-order valence-electron chi connectivity index (χ4n) is 3.91. The molecule has 2 rings (SSSR count). The van der Waals surface area contributed by atoms with E-state index in [9.17, 15) is 5.11 Å². The summed E-state index contributed by atoms with van der Waals surface area (Å²) in [6, 6.07) is 0. The van der Waals surface area contributed by atoms with Crippen LogP contribution in [0.2, 0.25) is 0 Å². The second kappa shape index (κ2) is 5.24. The van der Waals surface area contributed by atoms with Crippen LogP contribution in [0.3, 0.4) is 0 Å². The Morgan fingerprint density at radius 1 is 1.20 bits per heavy atom. The maximum absolute atomic E-state index is 10.6. The number of rotatable bonds is 3. The summed E-state index contributed by atoms with van der Waals surface area (Å²) in [5.74, 6) is 0.136. The Labute approximate surface area is 123 Å². The molecular weight excluding hydrogens is 254 g/mol. The number of nitrogens with zero attached hydrogens (tertiary/aromatic N) is 1. The normalized spacial score (nSPS) is 41.0. The molecule has 2 fully saturated rings. The predicted octanol–water partition coefficient (Wildman–Crippen LogP) is 2.05. The van der Waals surface area contributed by atoms with Crippen molar-refractivity contribution >= 4 is 0 Å². The standard InChI is InChI=1S/C16H31NO3/c1-14(2)12(13(18)15(3,4)20-14)10-17-9-7-8-16(5,11-17)19-6/h12-13,18H,7-11H2,1-6H3. The van der Waals surface area contributed by atoms with E-state index in [1.807, 2.05) is 13.8 Å². The van der Waals surface area contributed by atoms with Crippen LogP contribution in [0.15, 0.2) is 0 Å². The summed E-state index contributed by atoms with van der Waals surface area (Å²) in [4.78, 5) is 2.42. The van der Waals surface area contributed by atoms with Crippen molar-refractivity contribution in [3.8, 4) is 0 Å². The maximum Gasteiger partial charge on any atom is 0.0896 e. The van der Waals surface area contributed by atoms with E-state index in [0.717, 1.165) is 32.5 Å². The second-order valence-corrected chi connectivity index (χ2v) is 7.85. The molecule has 0 spiro atoms. The summed E-state index contributed by atoms with van der Waals surface area (Å²) in [5, 5.41) is 10.6.